The van der Waals surface area contributed by atoms with Gasteiger partial charge >= 0.3 is 0 Å². The first-order chi connectivity index (χ1) is 10.9. The highest BCUT2D eigenvalue weighted by atomic mass is 16.5. The van der Waals surface area contributed by atoms with Crippen LogP contribution < -0.4 is 10.1 Å². The Morgan fingerprint density at radius 3 is 2.77 bits per heavy atom. The van der Waals surface area contributed by atoms with Gasteiger partial charge in [-0.2, -0.15) is 0 Å². The molecule has 2 aliphatic rings. The molecule has 0 saturated carbocycles. The Morgan fingerprint density at radius 2 is 1.95 bits per heavy atom. The second-order valence-electron chi connectivity index (χ2n) is 6.17. The maximum atomic E-state index is 5.46. The monoisotopic (exact) mass is 294 g/mol. The average Bonchev–Trinajstić information content (AvgIpc) is 2.61. The summed E-state index contributed by atoms with van der Waals surface area (Å²) in [6.07, 6.45) is 0. The molecule has 0 spiro atoms. The second-order valence-corrected chi connectivity index (χ2v) is 6.17. The van der Waals surface area contributed by atoms with Crippen molar-refractivity contribution >= 4 is 0 Å². The van der Waals surface area contributed by atoms with Gasteiger partial charge in [-0.25, -0.2) is 0 Å². The molecule has 0 unspecified atom stereocenters. The van der Waals surface area contributed by atoms with Gasteiger partial charge in [0.1, 0.15) is 5.75 Å². The van der Waals surface area contributed by atoms with Crippen molar-refractivity contribution in [2.45, 2.75) is 12.0 Å². The molecule has 2 heterocycles. The van der Waals surface area contributed by atoms with Crippen LogP contribution in [0.15, 0.2) is 48.5 Å². The predicted molar refractivity (Wildman–Crippen MR) is 88.5 cm³/mol. The molecule has 4 rings (SSSR count). The molecule has 3 nitrogen and oxygen atoms in total. The average molecular weight is 294 g/mol. The highest BCUT2D eigenvalue weighted by Gasteiger charge is 2.35. The minimum Gasteiger partial charge on any atom is -0.497 e. The maximum absolute atomic E-state index is 5.46. The van der Waals surface area contributed by atoms with E-state index in [-0.39, 0.29) is 0 Å². The number of hydrogen-bond acceptors (Lipinski definition) is 3. The van der Waals surface area contributed by atoms with Crippen LogP contribution in [0, 0.1) is 0 Å². The van der Waals surface area contributed by atoms with Crippen LogP contribution in [0.5, 0.6) is 5.75 Å². The van der Waals surface area contributed by atoms with E-state index in [9.17, 15) is 0 Å². The van der Waals surface area contributed by atoms with Gasteiger partial charge in [-0.15, -0.1) is 0 Å². The van der Waals surface area contributed by atoms with E-state index >= 15 is 0 Å². The van der Waals surface area contributed by atoms with Crippen molar-refractivity contribution < 1.29 is 4.74 Å². The number of piperazine rings is 1. The van der Waals surface area contributed by atoms with Crippen LogP contribution in [0.3, 0.4) is 0 Å². The van der Waals surface area contributed by atoms with Gasteiger partial charge in [-0.1, -0.05) is 36.4 Å². The van der Waals surface area contributed by atoms with E-state index in [1.807, 2.05) is 0 Å². The summed E-state index contributed by atoms with van der Waals surface area (Å²) in [5.74, 6) is 1.41. The van der Waals surface area contributed by atoms with Crippen LogP contribution in [0.1, 0.15) is 28.7 Å². The van der Waals surface area contributed by atoms with Crippen molar-refractivity contribution in [3.05, 3.63) is 65.2 Å². The van der Waals surface area contributed by atoms with Crippen LogP contribution in [0.2, 0.25) is 0 Å². The Morgan fingerprint density at radius 1 is 1.09 bits per heavy atom. The van der Waals surface area contributed by atoms with Gasteiger partial charge in [0.25, 0.3) is 0 Å². The summed E-state index contributed by atoms with van der Waals surface area (Å²) in [6, 6.07) is 17.9. The lowest BCUT2D eigenvalue weighted by Crippen LogP contribution is -2.50. The second kappa shape index (κ2) is 5.75. The molecule has 2 aliphatic heterocycles. The van der Waals surface area contributed by atoms with Crippen LogP contribution in [-0.2, 0) is 0 Å². The lowest BCUT2D eigenvalue weighted by atomic mass is 9.80. The fourth-order valence-corrected chi connectivity index (χ4v) is 3.86. The highest BCUT2D eigenvalue weighted by Crippen LogP contribution is 2.41. The molecular formula is C19H22N2O. The van der Waals surface area contributed by atoms with Crippen molar-refractivity contribution in [2.75, 3.05) is 33.3 Å². The zero-order chi connectivity index (χ0) is 14.9. The number of hydrogen-bond donors (Lipinski definition) is 1. The number of nitrogens with zero attached hydrogens (tertiary/aromatic N) is 1. The van der Waals surface area contributed by atoms with Gasteiger partial charge in [-0.05, 0) is 28.8 Å². The molecule has 114 valence electrons. The smallest absolute Gasteiger partial charge is 0.119 e. The van der Waals surface area contributed by atoms with E-state index < -0.39 is 0 Å². The number of fused-ring (bicyclic) bond motifs is 3. The Balaban J connectivity index is 1.82. The van der Waals surface area contributed by atoms with Crippen LogP contribution in [0.25, 0.3) is 0 Å². The molecule has 1 fully saturated rings. The largest absolute Gasteiger partial charge is 0.497 e. The fraction of sp³-hybridized carbons (Fsp3) is 0.368. The van der Waals surface area contributed by atoms with Crippen LogP contribution in [-0.4, -0.2) is 38.2 Å². The number of rotatable bonds is 2. The highest BCUT2D eigenvalue weighted by molar-refractivity contribution is 5.46. The number of methoxy groups -OCH3 is 1. The first-order valence-electron chi connectivity index (χ1n) is 8.04. The van der Waals surface area contributed by atoms with Crippen LogP contribution in [0.4, 0.5) is 0 Å². The molecule has 0 aliphatic carbocycles. The SMILES string of the molecule is COc1ccc2c(c1)[C@@H]1CNCCN1C[C@@H]2c1ccccc1. The fourth-order valence-electron chi connectivity index (χ4n) is 3.86. The van der Waals surface area contributed by atoms with E-state index in [1.54, 1.807) is 7.11 Å². The molecule has 22 heavy (non-hydrogen) atoms. The molecule has 0 aromatic heterocycles. The normalized spacial score (nSPS) is 24.4. The van der Waals surface area contributed by atoms with Gasteiger partial charge in [0.15, 0.2) is 0 Å². The minimum atomic E-state index is 0.455. The lowest BCUT2D eigenvalue weighted by molar-refractivity contribution is 0.143. The summed E-state index contributed by atoms with van der Waals surface area (Å²) in [5.41, 5.74) is 4.29. The molecule has 2 aromatic rings. The van der Waals surface area contributed by atoms with Gasteiger partial charge < -0.3 is 10.1 Å². The summed E-state index contributed by atoms with van der Waals surface area (Å²) in [6.45, 7) is 4.33. The van der Waals surface area contributed by atoms with E-state index in [4.69, 9.17) is 4.74 Å². The van der Waals surface area contributed by atoms with Crippen molar-refractivity contribution in [1.29, 1.82) is 0 Å². The Kier molecular flexibility index (Phi) is 3.60. The van der Waals surface area contributed by atoms with E-state index in [2.05, 4.69) is 58.7 Å². The molecule has 3 heteroatoms. The third kappa shape index (κ3) is 2.31. The molecule has 1 saturated heterocycles. The van der Waals surface area contributed by atoms with Gasteiger partial charge in [0.2, 0.25) is 0 Å². The first kappa shape index (κ1) is 13.8. The zero-order valence-electron chi connectivity index (χ0n) is 13.0. The summed E-state index contributed by atoms with van der Waals surface area (Å²) in [5, 5.41) is 3.53. The number of ether oxygens (including phenoxy) is 1. The summed E-state index contributed by atoms with van der Waals surface area (Å²) < 4.78 is 5.46. The molecule has 0 amide bonds. The summed E-state index contributed by atoms with van der Waals surface area (Å²) >= 11 is 0. The topological polar surface area (TPSA) is 24.5 Å². The molecule has 0 radical (unpaired) electrons. The molecular weight excluding hydrogens is 272 g/mol. The number of nitrogens with one attached hydrogen (secondary N) is 1. The quantitative estimate of drug-likeness (QED) is 0.922. The van der Waals surface area contributed by atoms with Crippen molar-refractivity contribution in [3.63, 3.8) is 0 Å². The zero-order valence-corrected chi connectivity index (χ0v) is 13.0. The molecule has 0 bridgehead atoms. The molecule has 2 aromatic carbocycles. The van der Waals surface area contributed by atoms with Gasteiger partial charge in [0, 0.05) is 38.1 Å². The molecule has 1 N–H and O–H groups in total. The van der Waals surface area contributed by atoms with E-state index in [0.29, 0.717) is 12.0 Å². The minimum absolute atomic E-state index is 0.455. The van der Waals surface area contributed by atoms with E-state index in [0.717, 1.165) is 31.9 Å². The lowest BCUT2D eigenvalue weighted by Gasteiger charge is -2.44. The third-order valence-electron chi connectivity index (χ3n) is 5.00. The number of benzene rings is 2. The Labute approximate surface area is 131 Å². The van der Waals surface area contributed by atoms with Crippen LogP contribution >= 0.6 is 0 Å². The summed E-state index contributed by atoms with van der Waals surface area (Å²) in [7, 11) is 1.75. The first-order valence-corrected chi connectivity index (χ1v) is 8.04. The molecule has 2 atom stereocenters. The Hall–Kier alpha value is -1.84. The van der Waals surface area contributed by atoms with Gasteiger partial charge in [-0.3, -0.25) is 4.90 Å². The third-order valence-corrected chi connectivity index (χ3v) is 5.00. The van der Waals surface area contributed by atoms with E-state index in [1.165, 1.54) is 16.7 Å². The van der Waals surface area contributed by atoms with Crippen molar-refractivity contribution in [1.82, 2.24) is 10.2 Å². The Bertz CT molecular complexity index is 656. The predicted octanol–water partition coefficient (Wildman–Crippen LogP) is 2.79. The van der Waals surface area contributed by atoms with Crippen molar-refractivity contribution in [2.24, 2.45) is 0 Å². The maximum Gasteiger partial charge on any atom is 0.119 e. The van der Waals surface area contributed by atoms with Crippen molar-refractivity contribution in [3.8, 4) is 5.75 Å². The summed E-state index contributed by atoms with van der Waals surface area (Å²) in [4.78, 5) is 2.62. The van der Waals surface area contributed by atoms with Gasteiger partial charge in [0.05, 0.1) is 7.11 Å². The standard InChI is InChI=1S/C19H22N2O/c1-22-15-7-8-16-17(11-15)19-12-20-9-10-21(19)13-18(16)14-5-3-2-4-6-14/h2-8,11,18-20H,9-10,12-13H2,1H3/t18-,19+/m1/s1.